The van der Waals surface area contributed by atoms with Crippen molar-refractivity contribution < 1.29 is 0 Å². The lowest BCUT2D eigenvalue weighted by Crippen LogP contribution is -2.32. The van der Waals surface area contributed by atoms with Crippen molar-refractivity contribution in [1.82, 2.24) is 15.3 Å². The minimum absolute atomic E-state index is 0.401. The van der Waals surface area contributed by atoms with Gasteiger partial charge in [-0.25, -0.2) is 9.97 Å². The first-order chi connectivity index (χ1) is 8.97. The number of nitrogens with one attached hydrogen (secondary N) is 1. The molecule has 104 valence electrons. The fourth-order valence-corrected chi connectivity index (χ4v) is 3.78. The van der Waals surface area contributed by atoms with Gasteiger partial charge in [-0.15, -0.1) is 11.3 Å². The molecule has 0 aliphatic carbocycles. The van der Waals surface area contributed by atoms with Crippen LogP contribution in [0.4, 0.5) is 0 Å². The van der Waals surface area contributed by atoms with Gasteiger partial charge in [-0.2, -0.15) is 0 Å². The van der Waals surface area contributed by atoms with Crippen LogP contribution in [0.25, 0.3) is 10.2 Å². The monoisotopic (exact) mass is 277 g/mol. The summed E-state index contributed by atoms with van der Waals surface area (Å²) >= 11 is 1.77. The Morgan fingerprint density at radius 2 is 1.84 bits per heavy atom. The molecule has 0 saturated heterocycles. The molecule has 0 saturated carbocycles. The lowest BCUT2D eigenvalue weighted by atomic mass is 9.84. The van der Waals surface area contributed by atoms with E-state index in [4.69, 9.17) is 0 Å². The number of hydrogen-bond acceptors (Lipinski definition) is 4. The van der Waals surface area contributed by atoms with Gasteiger partial charge in [0.15, 0.2) is 0 Å². The maximum atomic E-state index is 4.63. The standard InChI is InChI=1S/C15H23N3S/c1-8(2)12(10(4)16-6)14-13-9(3)11(5)19-15(13)18-7-17-14/h7-8,10,12,16H,1-6H3. The number of nitrogens with zero attached hydrogens (tertiary/aromatic N) is 2. The highest BCUT2D eigenvalue weighted by atomic mass is 32.1. The van der Waals surface area contributed by atoms with E-state index in [0.717, 1.165) is 4.83 Å². The second kappa shape index (κ2) is 5.55. The maximum Gasteiger partial charge on any atom is 0.127 e. The Kier molecular flexibility index (Phi) is 4.21. The smallest absolute Gasteiger partial charge is 0.127 e. The van der Waals surface area contributed by atoms with Crippen molar-refractivity contribution in [3.8, 4) is 0 Å². The number of aryl methyl sites for hydroxylation is 2. The lowest BCUT2D eigenvalue weighted by Gasteiger charge is -2.27. The molecule has 0 aliphatic rings. The van der Waals surface area contributed by atoms with Crippen molar-refractivity contribution in [3.05, 3.63) is 22.5 Å². The number of hydrogen-bond donors (Lipinski definition) is 1. The Morgan fingerprint density at radius 3 is 2.42 bits per heavy atom. The zero-order valence-corrected chi connectivity index (χ0v) is 13.4. The van der Waals surface area contributed by atoms with E-state index in [2.05, 4.69) is 49.9 Å². The summed E-state index contributed by atoms with van der Waals surface area (Å²) in [5.74, 6) is 0.948. The van der Waals surface area contributed by atoms with Gasteiger partial charge >= 0.3 is 0 Å². The highest BCUT2D eigenvalue weighted by Crippen LogP contribution is 2.36. The second-order valence-corrected chi connectivity index (χ2v) is 6.77. The van der Waals surface area contributed by atoms with E-state index in [-0.39, 0.29) is 0 Å². The van der Waals surface area contributed by atoms with Gasteiger partial charge in [0, 0.05) is 22.2 Å². The number of rotatable bonds is 4. The van der Waals surface area contributed by atoms with E-state index in [1.807, 2.05) is 7.05 Å². The fraction of sp³-hybridized carbons (Fsp3) is 0.600. The summed E-state index contributed by atoms with van der Waals surface area (Å²) in [6, 6.07) is 0.401. The number of aromatic nitrogens is 2. The van der Waals surface area contributed by atoms with Crippen LogP contribution in [0.5, 0.6) is 0 Å². The van der Waals surface area contributed by atoms with E-state index < -0.39 is 0 Å². The van der Waals surface area contributed by atoms with Crippen LogP contribution in [0.15, 0.2) is 6.33 Å². The van der Waals surface area contributed by atoms with Crippen molar-refractivity contribution >= 4 is 21.6 Å². The molecule has 0 aliphatic heterocycles. The Morgan fingerprint density at radius 1 is 1.16 bits per heavy atom. The van der Waals surface area contributed by atoms with Crippen molar-refractivity contribution in [2.75, 3.05) is 7.05 Å². The van der Waals surface area contributed by atoms with Crippen molar-refractivity contribution in [2.24, 2.45) is 5.92 Å². The molecule has 19 heavy (non-hydrogen) atoms. The van der Waals surface area contributed by atoms with Gasteiger partial charge in [0.2, 0.25) is 0 Å². The largest absolute Gasteiger partial charge is 0.317 e. The molecule has 0 bridgehead atoms. The first kappa shape index (κ1) is 14.4. The molecule has 2 rings (SSSR count). The van der Waals surface area contributed by atoms with Gasteiger partial charge in [-0.1, -0.05) is 13.8 Å². The van der Waals surface area contributed by atoms with Crippen LogP contribution >= 0.6 is 11.3 Å². The molecule has 2 heterocycles. The van der Waals surface area contributed by atoms with Gasteiger partial charge in [0.1, 0.15) is 11.2 Å². The number of fused-ring (bicyclic) bond motifs is 1. The average Bonchev–Trinajstić information content (AvgIpc) is 2.65. The minimum atomic E-state index is 0.401. The van der Waals surface area contributed by atoms with Gasteiger partial charge in [-0.05, 0) is 39.3 Å². The van der Waals surface area contributed by atoms with Crippen molar-refractivity contribution in [3.63, 3.8) is 0 Å². The van der Waals surface area contributed by atoms with Gasteiger partial charge < -0.3 is 5.32 Å². The molecular weight excluding hydrogens is 254 g/mol. The van der Waals surface area contributed by atoms with Gasteiger partial charge in [0.25, 0.3) is 0 Å². The minimum Gasteiger partial charge on any atom is -0.317 e. The normalized spacial score (nSPS) is 15.1. The van der Waals surface area contributed by atoms with Crippen LogP contribution in [-0.4, -0.2) is 23.1 Å². The van der Waals surface area contributed by atoms with Crippen LogP contribution in [0.2, 0.25) is 0 Å². The molecule has 0 aromatic carbocycles. The van der Waals surface area contributed by atoms with Gasteiger partial charge in [-0.3, -0.25) is 0 Å². The molecule has 3 nitrogen and oxygen atoms in total. The Labute approximate surface area is 119 Å². The molecule has 0 fully saturated rings. The van der Waals surface area contributed by atoms with E-state index in [1.54, 1.807) is 17.7 Å². The van der Waals surface area contributed by atoms with E-state index in [9.17, 15) is 0 Å². The Bertz CT molecular complexity index is 574. The maximum absolute atomic E-state index is 4.63. The van der Waals surface area contributed by atoms with E-state index >= 15 is 0 Å². The average molecular weight is 277 g/mol. The summed E-state index contributed by atoms with van der Waals surface area (Å²) in [6.45, 7) is 11.1. The van der Waals surface area contributed by atoms with Crippen molar-refractivity contribution in [2.45, 2.75) is 46.6 Å². The Balaban J connectivity index is 2.66. The quantitative estimate of drug-likeness (QED) is 0.927. The molecule has 2 atom stereocenters. The Hall–Kier alpha value is -1.00. The molecule has 0 amide bonds. The second-order valence-electron chi connectivity index (χ2n) is 5.57. The van der Waals surface area contributed by atoms with Crippen LogP contribution in [-0.2, 0) is 0 Å². The predicted octanol–water partition coefficient (Wildman–Crippen LogP) is 3.66. The molecular formula is C15H23N3S. The van der Waals surface area contributed by atoms with Crippen LogP contribution in [0, 0.1) is 19.8 Å². The summed E-state index contributed by atoms with van der Waals surface area (Å²) in [5, 5.41) is 4.65. The van der Waals surface area contributed by atoms with Crippen LogP contribution in [0.1, 0.15) is 42.8 Å². The zero-order valence-electron chi connectivity index (χ0n) is 12.6. The zero-order chi connectivity index (χ0) is 14.2. The summed E-state index contributed by atoms with van der Waals surface area (Å²) < 4.78 is 0. The molecule has 2 aromatic rings. The molecule has 4 heteroatoms. The molecule has 2 aromatic heterocycles. The summed E-state index contributed by atoms with van der Waals surface area (Å²) in [5.41, 5.74) is 2.54. The molecule has 0 spiro atoms. The van der Waals surface area contributed by atoms with E-state index in [0.29, 0.717) is 17.9 Å². The molecule has 0 radical (unpaired) electrons. The molecule has 2 unspecified atom stereocenters. The lowest BCUT2D eigenvalue weighted by molar-refractivity contribution is 0.390. The fourth-order valence-electron chi connectivity index (χ4n) is 2.77. The topological polar surface area (TPSA) is 37.8 Å². The predicted molar refractivity (Wildman–Crippen MR) is 83.0 cm³/mol. The van der Waals surface area contributed by atoms with Crippen LogP contribution < -0.4 is 5.32 Å². The third kappa shape index (κ3) is 2.51. The van der Waals surface area contributed by atoms with Gasteiger partial charge in [0.05, 0.1) is 5.69 Å². The third-order valence-corrected chi connectivity index (χ3v) is 5.14. The summed E-state index contributed by atoms with van der Waals surface area (Å²) in [4.78, 5) is 11.5. The van der Waals surface area contributed by atoms with Crippen LogP contribution in [0.3, 0.4) is 0 Å². The number of thiophene rings is 1. The van der Waals surface area contributed by atoms with Crippen molar-refractivity contribution in [1.29, 1.82) is 0 Å². The number of likely N-dealkylation sites (N-methyl/N-ethyl adjacent to an activating group) is 1. The molecule has 1 N–H and O–H groups in total. The SMILES string of the molecule is CNC(C)C(c1ncnc2sc(C)c(C)c12)C(C)C. The first-order valence-corrected chi connectivity index (χ1v) is 7.66. The third-order valence-electron chi connectivity index (χ3n) is 4.02. The highest BCUT2D eigenvalue weighted by molar-refractivity contribution is 7.18. The highest BCUT2D eigenvalue weighted by Gasteiger charge is 2.26. The summed E-state index contributed by atoms with van der Waals surface area (Å²) in [6.07, 6.45) is 1.71. The summed E-state index contributed by atoms with van der Waals surface area (Å²) in [7, 11) is 2.02. The first-order valence-electron chi connectivity index (χ1n) is 6.85. The van der Waals surface area contributed by atoms with E-state index in [1.165, 1.54) is 21.5 Å².